The van der Waals surface area contributed by atoms with E-state index in [1.807, 2.05) is 25.3 Å². The van der Waals surface area contributed by atoms with Gasteiger partial charge in [-0.3, -0.25) is 4.79 Å². The lowest BCUT2D eigenvalue weighted by Gasteiger charge is -2.23. The second kappa shape index (κ2) is 7.13. The quantitative estimate of drug-likeness (QED) is 0.834. The van der Waals surface area contributed by atoms with Gasteiger partial charge < -0.3 is 10.2 Å². The summed E-state index contributed by atoms with van der Waals surface area (Å²) < 4.78 is 1.76. The summed E-state index contributed by atoms with van der Waals surface area (Å²) in [6, 6.07) is 4.70. The van der Waals surface area contributed by atoms with Gasteiger partial charge in [0.05, 0.1) is 17.3 Å². The SMILES string of the molecule is Cc1ccc2c(C(=O)NCCCN(C)C3CCCC3)cnn2c1. The average Bonchev–Trinajstić information content (AvgIpc) is 3.19. The highest BCUT2D eigenvalue weighted by molar-refractivity contribution is 6.00. The normalized spacial score (nSPS) is 15.6. The average molecular weight is 314 g/mol. The van der Waals surface area contributed by atoms with Crippen molar-refractivity contribution in [1.82, 2.24) is 19.8 Å². The van der Waals surface area contributed by atoms with Crippen LogP contribution >= 0.6 is 0 Å². The number of rotatable bonds is 6. The maximum atomic E-state index is 12.3. The van der Waals surface area contributed by atoms with Gasteiger partial charge in [-0.15, -0.1) is 0 Å². The van der Waals surface area contributed by atoms with Gasteiger partial charge in [0.15, 0.2) is 0 Å². The minimum atomic E-state index is -0.0348. The van der Waals surface area contributed by atoms with Crippen molar-refractivity contribution in [2.75, 3.05) is 20.1 Å². The summed E-state index contributed by atoms with van der Waals surface area (Å²) in [6.07, 6.45) is 9.93. The molecule has 1 fully saturated rings. The maximum absolute atomic E-state index is 12.3. The van der Waals surface area contributed by atoms with Crippen molar-refractivity contribution < 1.29 is 4.79 Å². The van der Waals surface area contributed by atoms with Gasteiger partial charge in [0.1, 0.15) is 0 Å². The molecule has 0 unspecified atom stereocenters. The molecule has 1 saturated carbocycles. The van der Waals surface area contributed by atoms with Gasteiger partial charge in [0.2, 0.25) is 0 Å². The molecule has 0 aliphatic heterocycles. The third kappa shape index (κ3) is 3.72. The molecule has 23 heavy (non-hydrogen) atoms. The Bertz CT molecular complexity index is 673. The molecule has 2 heterocycles. The van der Waals surface area contributed by atoms with Crippen LogP contribution in [0.4, 0.5) is 0 Å². The molecule has 5 heteroatoms. The Balaban J connectivity index is 1.49. The monoisotopic (exact) mass is 314 g/mol. The predicted octanol–water partition coefficient (Wildman–Crippen LogP) is 2.64. The first kappa shape index (κ1) is 16.0. The topological polar surface area (TPSA) is 49.6 Å². The molecule has 0 saturated heterocycles. The number of hydrogen-bond acceptors (Lipinski definition) is 3. The van der Waals surface area contributed by atoms with Gasteiger partial charge in [0.25, 0.3) is 5.91 Å². The Hall–Kier alpha value is -1.88. The van der Waals surface area contributed by atoms with Crippen molar-refractivity contribution in [2.24, 2.45) is 0 Å². The number of nitrogens with zero attached hydrogens (tertiary/aromatic N) is 3. The minimum Gasteiger partial charge on any atom is -0.352 e. The van der Waals surface area contributed by atoms with E-state index < -0.39 is 0 Å². The molecule has 0 aromatic carbocycles. The Morgan fingerprint density at radius 2 is 2.17 bits per heavy atom. The molecular formula is C18H26N4O. The van der Waals surface area contributed by atoms with Crippen molar-refractivity contribution in [3.05, 3.63) is 35.7 Å². The van der Waals surface area contributed by atoms with Crippen LogP contribution in [0.1, 0.15) is 48.0 Å². The highest BCUT2D eigenvalue weighted by Gasteiger charge is 2.19. The van der Waals surface area contributed by atoms with Crippen LogP contribution in [0, 0.1) is 6.92 Å². The maximum Gasteiger partial charge on any atom is 0.255 e. The Labute approximate surface area is 137 Å². The van der Waals surface area contributed by atoms with E-state index >= 15 is 0 Å². The fourth-order valence-corrected chi connectivity index (χ4v) is 3.42. The lowest BCUT2D eigenvalue weighted by atomic mass is 10.2. The lowest BCUT2D eigenvalue weighted by molar-refractivity contribution is 0.0953. The fraction of sp³-hybridized carbons (Fsp3) is 0.556. The number of amides is 1. The molecule has 0 bridgehead atoms. The van der Waals surface area contributed by atoms with Crippen LogP contribution in [0.5, 0.6) is 0 Å². The zero-order valence-corrected chi connectivity index (χ0v) is 14.1. The molecule has 2 aromatic rings. The van der Waals surface area contributed by atoms with Crippen LogP contribution < -0.4 is 5.32 Å². The number of aromatic nitrogens is 2. The zero-order chi connectivity index (χ0) is 16.2. The molecular weight excluding hydrogens is 288 g/mol. The first-order chi connectivity index (χ1) is 11.1. The number of carbonyl (C=O) groups is 1. The highest BCUT2D eigenvalue weighted by Crippen LogP contribution is 2.22. The van der Waals surface area contributed by atoms with Crippen molar-refractivity contribution in [2.45, 2.75) is 45.1 Å². The molecule has 1 aliphatic carbocycles. The van der Waals surface area contributed by atoms with Crippen LogP contribution in [0.25, 0.3) is 5.52 Å². The lowest BCUT2D eigenvalue weighted by Crippen LogP contribution is -2.33. The van der Waals surface area contributed by atoms with Crippen molar-refractivity contribution >= 4 is 11.4 Å². The Morgan fingerprint density at radius 1 is 1.39 bits per heavy atom. The van der Waals surface area contributed by atoms with Crippen LogP contribution in [-0.4, -0.2) is 46.6 Å². The molecule has 0 atom stereocenters. The van der Waals surface area contributed by atoms with Gasteiger partial charge in [-0.05, 0) is 51.4 Å². The Morgan fingerprint density at radius 3 is 2.96 bits per heavy atom. The molecule has 3 rings (SSSR count). The summed E-state index contributed by atoms with van der Waals surface area (Å²) >= 11 is 0. The second-order valence-corrected chi connectivity index (χ2v) is 6.62. The van der Waals surface area contributed by atoms with Crippen molar-refractivity contribution in [3.63, 3.8) is 0 Å². The number of aryl methyl sites for hydroxylation is 1. The molecule has 1 N–H and O–H groups in total. The van der Waals surface area contributed by atoms with E-state index in [1.54, 1.807) is 10.7 Å². The first-order valence-electron chi connectivity index (χ1n) is 8.57. The van der Waals surface area contributed by atoms with E-state index in [1.165, 1.54) is 25.7 Å². The molecule has 0 radical (unpaired) electrons. The summed E-state index contributed by atoms with van der Waals surface area (Å²) in [4.78, 5) is 14.8. The van der Waals surface area contributed by atoms with E-state index in [2.05, 4.69) is 22.4 Å². The van der Waals surface area contributed by atoms with Crippen LogP contribution in [0.3, 0.4) is 0 Å². The van der Waals surface area contributed by atoms with E-state index in [9.17, 15) is 4.79 Å². The summed E-state index contributed by atoms with van der Waals surface area (Å²) in [6.45, 7) is 3.76. The second-order valence-electron chi connectivity index (χ2n) is 6.62. The number of hydrogen-bond donors (Lipinski definition) is 1. The summed E-state index contributed by atoms with van der Waals surface area (Å²) in [5.74, 6) is -0.0348. The molecule has 2 aromatic heterocycles. The van der Waals surface area contributed by atoms with Gasteiger partial charge in [0, 0.05) is 18.8 Å². The molecule has 1 amide bonds. The van der Waals surface area contributed by atoms with Gasteiger partial charge in [-0.1, -0.05) is 18.9 Å². The third-order valence-electron chi connectivity index (χ3n) is 4.83. The number of fused-ring (bicyclic) bond motifs is 1. The van der Waals surface area contributed by atoms with Crippen LogP contribution in [-0.2, 0) is 0 Å². The van der Waals surface area contributed by atoms with Gasteiger partial charge >= 0.3 is 0 Å². The van der Waals surface area contributed by atoms with Gasteiger partial charge in [-0.2, -0.15) is 5.10 Å². The first-order valence-corrected chi connectivity index (χ1v) is 8.57. The highest BCUT2D eigenvalue weighted by atomic mass is 16.1. The third-order valence-corrected chi connectivity index (χ3v) is 4.83. The van der Waals surface area contributed by atoms with Gasteiger partial charge in [-0.25, -0.2) is 4.52 Å². The zero-order valence-electron chi connectivity index (χ0n) is 14.1. The standard InChI is InChI=1S/C18H26N4O/c1-14-8-9-17-16(12-20-22(17)13-14)18(23)19-10-5-11-21(2)15-6-3-4-7-15/h8-9,12-13,15H,3-7,10-11H2,1-2H3,(H,19,23). The van der Waals surface area contributed by atoms with E-state index in [0.29, 0.717) is 12.1 Å². The number of nitrogens with one attached hydrogen (secondary N) is 1. The summed E-state index contributed by atoms with van der Waals surface area (Å²) in [5, 5.41) is 7.28. The number of pyridine rings is 1. The summed E-state index contributed by atoms with van der Waals surface area (Å²) in [5.41, 5.74) is 2.63. The minimum absolute atomic E-state index is 0.0348. The molecule has 5 nitrogen and oxygen atoms in total. The summed E-state index contributed by atoms with van der Waals surface area (Å²) in [7, 11) is 2.20. The molecule has 1 aliphatic rings. The molecule has 0 spiro atoms. The van der Waals surface area contributed by atoms with E-state index in [4.69, 9.17) is 0 Å². The molecule has 124 valence electrons. The van der Waals surface area contributed by atoms with Crippen molar-refractivity contribution in [1.29, 1.82) is 0 Å². The number of carbonyl (C=O) groups excluding carboxylic acids is 1. The van der Waals surface area contributed by atoms with E-state index in [-0.39, 0.29) is 5.91 Å². The van der Waals surface area contributed by atoms with E-state index in [0.717, 1.165) is 30.1 Å². The predicted molar refractivity (Wildman–Crippen MR) is 91.8 cm³/mol. The smallest absolute Gasteiger partial charge is 0.255 e. The van der Waals surface area contributed by atoms with Crippen LogP contribution in [0.15, 0.2) is 24.5 Å². The largest absolute Gasteiger partial charge is 0.352 e. The van der Waals surface area contributed by atoms with Crippen molar-refractivity contribution in [3.8, 4) is 0 Å². The fourth-order valence-electron chi connectivity index (χ4n) is 3.42. The van der Waals surface area contributed by atoms with Crippen LogP contribution in [0.2, 0.25) is 0 Å². The Kier molecular flexibility index (Phi) is 4.96.